The average molecular weight is 365 g/mol. The number of guanidine groups is 1. The maximum Gasteiger partial charge on any atom is 0.191 e. The third-order valence-electron chi connectivity index (χ3n) is 4.75. The molecule has 1 aliphatic heterocycles. The molecular formula is C18H36N8. The van der Waals surface area contributed by atoms with Gasteiger partial charge in [-0.1, -0.05) is 6.92 Å². The minimum absolute atomic E-state index is 0.818. The van der Waals surface area contributed by atoms with Gasteiger partial charge in [0, 0.05) is 58.8 Å². The average Bonchev–Trinajstić information content (AvgIpc) is 3.10. The summed E-state index contributed by atoms with van der Waals surface area (Å²) >= 11 is 0. The van der Waals surface area contributed by atoms with Gasteiger partial charge < -0.3 is 25.0 Å². The Morgan fingerprint density at radius 1 is 1.12 bits per heavy atom. The van der Waals surface area contributed by atoms with Crippen molar-refractivity contribution in [3.63, 3.8) is 0 Å². The highest BCUT2D eigenvalue weighted by Crippen LogP contribution is 2.01. The van der Waals surface area contributed by atoms with Gasteiger partial charge in [0.1, 0.15) is 12.2 Å². The second kappa shape index (κ2) is 11.9. The molecule has 1 aromatic heterocycles. The molecule has 2 rings (SSSR count). The van der Waals surface area contributed by atoms with Gasteiger partial charge in [-0.05, 0) is 33.4 Å². The number of hydrogen-bond donors (Lipinski definition) is 2. The number of aliphatic imine (C=N–C) groups is 1. The van der Waals surface area contributed by atoms with Crippen LogP contribution in [0.25, 0.3) is 0 Å². The number of likely N-dealkylation sites (N-methyl/N-ethyl adjacent to an activating group) is 1. The first-order valence-electron chi connectivity index (χ1n) is 10.0. The predicted molar refractivity (Wildman–Crippen MR) is 107 cm³/mol. The second-order valence-corrected chi connectivity index (χ2v) is 6.83. The smallest absolute Gasteiger partial charge is 0.191 e. The van der Waals surface area contributed by atoms with E-state index in [0.717, 1.165) is 50.8 Å². The van der Waals surface area contributed by atoms with Crippen molar-refractivity contribution in [1.82, 2.24) is 35.2 Å². The van der Waals surface area contributed by atoms with Gasteiger partial charge in [-0.3, -0.25) is 4.99 Å². The lowest BCUT2D eigenvalue weighted by atomic mass is 10.2. The summed E-state index contributed by atoms with van der Waals surface area (Å²) in [4.78, 5) is 9.67. The van der Waals surface area contributed by atoms with E-state index in [0.29, 0.717) is 0 Å². The molecule has 0 unspecified atom stereocenters. The van der Waals surface area contributed by atoms with Crippen LogP contribution >= 0.6 is 0 Å². The zero-order valence-corrected chi connectivity index (χ0v) is 16.7. The van der Waals surface area contributed by atoms with E-state index in [-0.39, 0.29) is 0 Å². The Hall–Kier alpha value is -1.67. The van der Waals surface area contributed by atoms with E-state index in [1.165, 1.54) is 39.1 Å². The standard InChI is InChI=1S/C18H36N8/c1-4-17-23-22-16-26(17)11-9-21-18(19-5-2)20-8-6-7-10-25-14-12-24(3)13-15-25/h16H,4-15H2,1-3H3,(H2,19,20,21). The Kier molecular flexibility index (Phi) is 9.41. The van der Waals surface area contributed by atoms with Gasteiger partial charge in [0.2, 0.25) is 0 Å². The summed E-state index contributed by atoms with van der Waals surface area (Å²) in [5.74, 6) is 1.93. The maximum absolute atomic E-state index is 4.70. The molecule has 1 aromatic rings. The molecule has 0 saturated carbocycles. The van der Waals surface area contributed by atoms with Crippen LogP contribution in [0.3, 0.4) is 0 Å². The number of nitrogens with zero attached hydrogens (tertiary/aromatic N) is 6. The first-order valence-corrected chi connectivity index (χ1v) is 10.0. The van der Waals surface area contributed by atoms with E-state index in [9.17, 15) is 0 Å². The van der Waals surface area contributed by atoms with Gasteiger partial charge in [0.05, 0.1) is 0 Å². The Morgan fingerprint density at radius 3 is 2.65 bits per heavy atom. The topological polar surface area (TPSA) is 73.6 Å². The molecule has 8 nitrogen and oxygen atoms in total. The molecule has 0 bridgehead atoms. The van der Waals surface area contributed by atoms with Gasteiger partial charge in [-0.2, -0.15) is 0 Å². The van der Waals surface area contributed by atoms with E-state index in [2.05, 4.69) is 56.1 Å². The normalized spacial score (nSPS) is 16.8. The highest BCUT2D eigenvalue weighted by molar-refractivity contribution is 5.79. The van der Waals surface area contributed by atoms with Gasteiger partial charge in [0.25, 0.3) is 0 Å². The summed E-state index contributed by atoms with van der Waals surface area (Å²) in [7, 11) is 2.20. The molecule has 0 aromatic carbocycles. The molecule has 26 heavy (non-hydrogen) atoms. The fraction of sp³-hybridized carbons (Fsp3) is 0.833. The summed E-state index contributed by atoms with van der Waals surface area (Å²) in [6.45, 7) is 13.6. The monoisotopic (exact) mass is 364 g/mol. The van der Waals surface area contributed by atoms with Crippen molar-refractivity contribution in [3.05, 3.63) is 12.2 Å². The lowest BCUT2D eigenvalue weighted by Crippen LogP contribution is -2.44. The molecule has 1 saturated heterocycles. The van der Waals surface area contributed by atoms with Crippen molar-refractivity contribution in [2.24, 2.45) is 4.99 Å². The number of unbranched alkanes of at least 4 members (excludes halogenated alkanes) is 1. The summed E-state index contributed by atoms with van der Waals surface area (Å²) < 4.78 is 2.09. The fourth-order valence-electron chi connectivity index (χ4n) is 3.09. The van der Waals surface area contributed by atoms with Crippen LogP contribution in [0.4, 0.5) is 0 Å². The van der Waals surface area contributed by atoms with Crippen molar-refractivity contribution in [3.8, 4) is 0 Å². The van der Waals surface area contributed by atoms with Crippen LogP contribution in [0.1, 0.15) is 32.5 Å². The largest absolute Gasteiger partial charge is 0.357 e. The van der Waals surface area contributed by atoms with Crippen molar-refractivity contribution in [2.75, 3.05) is 59.4 Å². The highest BCUT2D eigenvalue weighted by atomic mass is 15.3. The van der Waals surface area contributed by atoms with Crippen LogP contribution in [-0.4, -0.2) is 89.9 Å². The maximum atomic E-state index is 4.70. The highest BCUT2D eigenvalue weighted by Gasteiger charge is 2.12. The Balaban J connectivity index is 1.62. The van der Waals surface area contributed by atoms with Crippen molar-refractivity contribution < 1.29 is 0 Å². The molecule has 0 radical (unpaired) electrons. The Morgan fingerprint density at radius 2 is 1.92 bits per heavy atom. The first-order chi connectivity index (χ1) is 12.7. The van der Waals surface area contributed by atoms with E-state index < -0.39 is 0 Å². The van der Waals surface area contributed by atoms with E-state index in [4.69, 9.17) is 4.99 Å². The second-order valence-electron chi connectivity index (χ2n) is 6.83. The number of aryl methyl sites for hydroxylation is 1. The molecule has 1 fully saturated rings. The van der Waals surface area contributed by atoms with Gasteiger partial charge in [0.15, 0.2) is 5.96 Å². The van der Waals surface area contributed by atoms with E-state index in [1.54, 1.807) is 6.33 Å². The van der Waals surface area contributed by atoms with Crippen LogP contribution in [0, 0.1) is 0 Å². The lowest BCUT2D eigenvalue weighted by Gasteiger charge is -2.32. The minimum Gasteiger partial charge on any atom is -0.357 e. The van der Waals surface area contributed by atoms with Crippen molar-refractivity contribution in [1.29, 1.82) is 0 Å². The number of piperazine rings is 1. The molecule has 0 atom stereocenters. The van der Waals surface area contributed by atoms with Crippen LogP contribution < -0.4 is 10.6 Å². The Labute approximate surface area is 158 Å². The predicted octanol–water partition coefficient (Wildman–Crippen LogP) is 0.423. The number of aromatic nitrogens is 3. The van der Waals surface area contributed by atoms with Crippen molar-refractivity contribution in [2.45, 2.75) is 39.7 Å². The summed E-state index contributed by atoms with van der Waals surface area (Å²) in [5.41, 5.74) is 0. The zero-order valence-electron chi connectivity index (χ0n) is 16.7. The lowest BCUT2D eigenvalue weighted by molar-refractivity contribution is 0.152. The third kappa shape index (κ3) is 7.29. The number of rotatable bonds is 10. The SMILES string of the molecule is CCNC(=NCCCCN1CCN(C)CC1)NCCn1cnnc1CC. The van der Waals surface area contributed by atoms with Crippen LogP contribution in [0.2, 0.25) is 0 Å². The van der Waals surface area contributed by atoms with Gasteiger partial charge >= 0.3 is 0 Å². The molecule has 0 spiro atoms. The summed E-state index contributed by atoms with van der Waals surface area (Å²) in [5, 5.41) is 14.8. The van der Waals surface area contributed by atoms with E-state index in [1.807, 2.05) is 0 Å². The molecule has 8 heteroatoms. The van der Waals surface area contributed by atoms with Crippen LogP contribution in [0.15, 0.2) is 11.3 Å². The van der Waals surface area contributed by atoms with Gasteiger partial charge in [-0.15, -0.1) is 10.2 Å². The third-order valence-corrected chi connectivity index (χ3v) is 4.75. The number of hydrogen-bond acceptors (Lipinski definition) is 5. The molecule has 148 valence electrons. The molecule has 2 heterocycles. The van der Waals surface area contributed by atoms with E-state index >= 15 is 0 Å². The zero-order chi connectivity index (χ0) is 18.6. The molecular weight excluding hydrogens is 328 g/mol. The molecule has 0 aliphatic carbocycles. The van der Waals surface area contributed by atoms with Gasteiger partial charge in [-0.25, -0.2) is 0 Å². The fourth-order valence-corrected chi connectivity index (χ4v) is 3.09. The van der Waals surface area contributed by atoms with Crippen LogP contribution in [0.5, 0.6) is 0 Å². The first kappa shape index (κ1) is 20.6. The Bertz CT molecular complexity index is 519. The molecule has 1 aliphatic rings. The molecule has 2 N–H and O–H groups in total. The molecule has 0 amide bonds. The quantitative estimate of drug-likeness (QED) is 0.356. The summed E-state index contributed by atoms with van der Waals surface area (Å²) in [6.07, 6.45) is 5.05. The summed E-state index contributed by atoms with van der Waals surface area (Å²) in [6, 6.07) is 0. The van der Waals surface area contributed by atoms with Crippen LogP contribution in [-0.2, 0) is 13.0 Å². The number of nitrogens with one attached hydrogen (secondary N) is 2. The van der Waals surface area contributed by atoms with Crippen molar-refractivity contribution >= 4 is 5.96 Å². The minimum atomic E-state index is 0.818.